The molecule has 0 aliphatic carbocycles. The summed E-state index contributed by atoms with van der Waals surface area (Å²) in [5.41, 5.74) is 0.257. The molecule has 0 unspecified atom stereocenters. The Kier molecular flexibility index (Phi) is 4.64. The first-order valence-electron chi connectivity index (χ1n) is 6.33. The first-order chi connectivity index (χ1) is 9.97. The Balaban J connectivity index is 2.07. The molecule has 21 heavy (non-hydrogen) atoms. The van der Waals surface area contributed by atoms with Crippen LogP contribution in [0.15, 0.2) is 18.2 Å². The van der Waals surface area contributed by atoms with E-state index in [1.54, 1.807) is 0 Å². The quantitative estimate of drug-likeness (QED) is 0.768. The summed E-state index contributed by atoms with van der Waals surface area (Å²) in [5, 5.41) is 14.4. The molecule has 1 aliphatic rings. The van der Waals surface area contributed by atoms with Crippen LogP contribution in [0.2, 0.25) is 5.02 Å². The van der Waals surface area contributed by atoms with Gasteiger partial charge in [-0.05, 0) is 18.2 Å². The molecule has 1 aromatic carbocycles. The van der Waals surface area contributed by atoms with E-state index in [0.717, 1.165) is 0 Å². The normalized spacial score (nSPS) is 15.1. The van der Waals surface area contributed by atoms with Gasteiger partial charge in [-0.1, -0.05) is 11.6 Å². The molecule has 1 saturated heterocycles. The van der Waals surface area contributed by atoms with Crippen molar-refractivity contribution in [1.29, 1.82) is 0 Å². The van der Waals surface area contributed by atoms with Crippen molar-refractivity contribution in [1.82, 2.24) is 10.2 Å². The van der Waals surface area contributed by atoms with Gasteiger partial charge in [-0.3, -0.25) is 4.79 Å². The van der Waals surface area contributed by atoms with Gasteiger partial charge in [0.2, 0.25) is 5.91 Å². The van der Waals surface area contributed by atoms with E-state index in [1.165, 1.54) is 23.1 Å². The minimum atomic E-state index is -1.17. The number of urea groups is 1. The Morgan fingerprint density at radius 2 is 2.10 bits per heavy atom. The van der Waals surface area contributed by atoms with E-state index in [4.69, 9.17) is 16.7 Å². The Morgan fingerprint density at radius 3 is 2.81 bits per heavy atom. The van der Waals surface area contributed by atoms with Crippen molar-refractivity contribution in [3.63, 3.8) is 0 Å². The topological polar surface area (TPSA) is 98.7 Å². The summed E-state index contributed by atoms with van der Waals surface area (Å²) < 4.78 is 0. The zero-order chi connectivity index (χ0) is 15.4. The van der Waals surface area contributed by atoms with Crippen LogP contribution in [0.3, 0.4) is 0 Å². The van der Waals surface area contributed by atoms with Crippen molar-refractivity contribution < 1.29 is 19.5 Å². The molecule has 1 heterocycles. The molecule has 1 aliphatic heterocycles. The molecule has 0 atom stereocenters. The lowest BCUT2D eigenvalue weighted by Gasteiger charge is -2.20. The van der Waals surface area contributed by atoms with E-state index < -0.39 is 5.97 Å². The number of aromatic carboxylic acids is 1. The third kappa shape index (κ3) is 3.85. The van der Waals surface area contributed by atoms with Crippen molar-refractivity contribution in [3.8, 4) is 0 Å². The van der Waals surface area contributed by atoms with E-state index in [0.29, 0.717) is 25.3 Å². The van der Waals surface area contributed by atoms with Crippen molar-refractivity contribution in [3.05, 3.63) is 28.8 Å². The van der Waals surface area contributed by atoms with Crippen LogP contribution in [0.5, 0.6) is 0 Å². The maximum absolute atomic E-state index is 12.1. The summed E-state index contributed by atoms with van der Waals surface area (Å²) in [4.78, 5) is 35.8. The highest BCUT2D eigenvalue weighted by Crippen LogP contribution is 2.21. The van der Waals surface area contributed by atoms with Crippen LogP contribution in [-0.2, 0) is 4.79 Å². The number of carboxylic acids is 1. The van der Waals surface area contributed by atoms with Crippen LogP contribution in [0.4, 0.5) is 10.5 Å². The predicted octanol–water partition coefficient (Wildman–Crippen LogP) is 1.39. The Labute approximate surface area is 125 Å². The van der Waals surface area contributed by atoms with E-state index in [2.05, 4.69) is 10.6 Å². The van der Waals surface area contributed by atoms with Gasteiger partial charge in [0.05, 0.1) is 10.6 Å². The molecule has 8 heteroatoms. The van der Waals surface area contributed by atoms with E-state index in [9.17, 15) is 14.4 Å². The van der Waals surface area contributed by atoms with Gasteiger partial charge < -0.3 is 20.6 Å². The van der Waals surface area contributed by atoms with Gasteiger partial charge in [0.1, 0.15) is 0 Å². The predicted molar refractivity (Wildman–Crippen MR) is 76.6 cm³/mol. The molecule has 2 rings (SSSR count). The largest absolute Gasteiger partial charge is 0.478 e. The highest BCUT2D eigenvalue weighted by molar-refractivity contribution is 6.33. The molecule has 7 nitrogen and oxygen atoms in total. The highest BCUT2D eigenvalue weighted by Gasteiger charge is 2.19. The molecule has 1 aromatic rings. The van der Waals surface area contributed by atoms with Crippen LogP contribution in [-0.4, -0.2) is 47.5 Å². The molecular formula is C13H14ClN3O4. The second-order valence-electron chi connectivity index (χ2n) is 4.52. The number of hydrogen-bond donors (Lipinski definition) is 3. The average molecular weight is 312 g/mol. The highest BCUT2D eigenvalue weighted by atomic mass is 35.5. The van der Waals surface area contributed by atoms with Crippen molar-refractivity contribution in [2.75, 3.05) is 25.0 Å². The lowest BCUT2D eigenvalue weighted by molar-refractivity contribution is -0.120. The lowest BCUT2D eigenvalue weighted by Crippen LogP contribution is -2.37. The summed E-state index contributed by atoms with van der Waals surface area (Å²) in [7, 11) is 0. The average Bonchev–Trinajstić information content (AvgIpc) is 2.65. The van der Waals surface area contributed by atoms with E-state index in [1.807, 2.05) is 0 Å². The van der Waals surface area contributed by atoms with Gasteiger partial charge in [-0.2, -0.15) is 0 Å². The summed E-state index contributed by atoms with van der Waals surface area (Å²) in [6, 6.07) is 3.84. The van der Waals surface area contributed by atoms with E-state index >= 15 is 0 Å². The number of rotatable bonds is 2. The number of benzene rings is 1. The molecule has 0 aromatic heterocycles. The van der Waals surface area contributed by atoms with Gasteiger partial charge in [0.25, 0.3) is 0 Å². The monoisotopic (exact) mass is 311 g/mol. The third-order valence-electron chi connectivity index (χ3n) is 3.05. The number of carbonyl (C=O) groups excluding carboxylic acids is 2. The standard InChI is InChI=1S/C13H14ClN3O4/c14-10-2-1-8(7-9(10)12(19)20)16-13(21)17-5-3-11(18)15-4-6-17/h1-2,7H,3-6H2,(H,15,18)(H,16,21)(H,19,20). The minimum absolute atomic E-state index is 0.0813. The number of carbonyl (C=O) groups is 3. The maximum atomic E-state index is 12.1. The molecule has 3 N–H and O–H groups in total. The van der Waals surface area contributed by atoms with Gasteiger partial charge in [-0.25, -0.2) is 9.59 Å². The fraction of sp³-hybridized carbons (Fsp3) is 0.308. The van der Waals surface area contributed by atoms with Crippen LogP contribution >= 0.6 is 11.6 Å². The van der Waals surface area contributed by atoms with Gasteiger partial charge in [-0.15, -0.1) is 0 Å². The third-order valence-corrected chi connectivity index (χ3v) is 3.38. The molecule has 0 saturated carbocycles. The molecule has 0 spiro atoms. The van der Waals surface area contributed by atoms with Crippen molar-refractivity contribution >= 4 is 35.2 Å². The number of carboxylic acid groups (broad SMARTS) is 1. The van der Waals surface area contributed by atoms with Crippen LogP contribution in [0.1, 0.15) is 16.8 Å². The number of hydrogen-bond acceptors (Lipinski definition) is 3. The smallest absolute Gasteiger partial charge is 0.337 e. The first-order valence-corrected chi connectivity index (χ1v) is 6.70. The van der Waals surface area contributed by atoms with Crippen LogP contribution in [0.25, 0.3) is 0 Å². The van der Waals surface area contributed by atoms with Crippen LogP contribution < -0.4 is 10.6 Å². The summed E-state index contributed by atoms with van der Waals surface area (Å²) in [6.07, 6.45) is 0.244. The molecule has 0 bridgehead atoms. The minimum Gasteiger partial charge on any atom is -0.478 e. The van der Waals surface area contributed by atoms with Crippen molar-refractivity contribution in [2.24, 2.45) is 0 Å². The number of anilines is 1. The lowest BCUT2D eigenvalue weighted by atomic mass is 10.2. The van der Waals surface area contributed by atoms with E-state index in [-0.39, 0.29) is 28.9 Å². The Morgan fingerprint density at radius 1 is 1.33 bits per heavy atom. The SMILES string of the molecule is O=C1CCN(C(=O)Nc2ccc(Cl)c(C(=O)O)c2)CCN1. The Hall–Kier alpha value is -2.28. The number of nitrogens with one attached hydrogen (secondary N) is 2. The molecule has 0 radical (unpaired) electrons. The Bertz CT molecular complexity index is 591. The van der Waals surface area contributed by atoms with Crippen molar-refractivity contribution in [2.45, 2.75) is 6.42 Å². The van der Waals surface area contributed by atoms with Gasteiger partial charge >= 0.3 is 12.0 Å². The number of amides is 3. The molecule has 1 fully saturated rings. The first kappa shape index (κ1) is 15.1. The van der Waals surface area contributed by atoms with Gasteiger partial charge in [0.15, 0.2) is 0 Å². The number of nitrogens with zero attached hydrogens (tertiary/aromatic N) is 1. The zero-order valence-electron chi connectivity index (χ0n) is 11.1. The summed E-state index contributed by atoms with van der Waals surface area (Å²) in [6.45, 7) is 1.11. The molecule has 112 valence electrons. The fourth-order valence-corrected chi connectivity index (χ4v) is 2.14. The summed E-state index contributed by atoms with van der Waals surface area (Å²) in [5.74, 6) is -1.26. The fourth-order valence-electron chi connectivity index (χ4n) is 1.94. The second kappa shape index (κ2) is 6.45. The zero-order valence-corrected chi connectivity index (χ0v) is 11.8. The molecule has 3 amide bonds. The summed E-state index contributed by atoms with van der Waals surface area (Å²) >= 11 is 5.76. The maximum Gasteiger partial charge on any atom is 0.337 e. The second-order valence-corrected chi connectivity index (χ2v) is 4.92. The van der Waals surface area contributed by atoms with Crippen LogP contribution in [0, 0.1) is 0 Å². The number of halogens is 1. The van der Waals surface area contributed by atoms with Gasteiger partial charge in [0, 0.05) is 31.7 Å². The molecular weight excluding hydrogens is 298 g/mol.